The maximum atomic E-state index is 5.53. The third-order valence-corrected chi connectivity index (χ3v) is 3.26. The first-order chi connectivity index (χ1) is 7.75. The van der Waals surface area contributed by atoms with Crippen LogP contribution in [0.5, 0.6) is 0 Å². The molecule has 1 saturated heterocycles. The molecule has 0 saturated carbocycles. The van der Waals surface area contributed by atoms with E-state index in [4.69, 9.17) is 5.73 Å². The summed E-state index contributed by atoms with van der Waals surface area (Å²) in [6, 6.07) is 0. The molecule has 6 heteroatoms. The molecule has 0 unspecified atom stereocenters. The van der Waals surface area contributed by atoms with E-state index in [1.165, 1.54) is 25.9 Å². The average molecular weight is 286 g/mol. The van der Waals surface area contributed by atoms with E-state index in [2.05, 4.69) is 36.1 Å². The number of rotatable bonds is 4. The highest BCUT2D eigenvalue weighted by molar-refractivity contribution is 9.10. The van der Waals surface area contributed by atoms with Gasteiger partial charge < -0.3 is 16.0 Å². The van der Waals surface area contributed by atoms with E-state index in [1.807, 2.05) is 0 Å². The van der Waals surface area contributed by atoms with Gasteiger partial charge in [0.1, 0.15) is 5.82 Å². The van der Waals surface area contributed by atoms with Gasteiger partial charge in [0, 0.05) is 19.3 Å². The lowest BCUT2D eigenvalue weighted by Crippen LogP contribution is -2.26. The minimum absolute atomic E-state index is 0.298. The number of hydrogen-bond donors (Lipinski definition) is 2. The number of nitrogens with one attached hydrogen (secondary N) is 1. The minimum Gasteiger partial charge on any atom is -0.368 e. The summed E-state index contributed by atoms with van der Waals surface area (Å²) in [5.41, 5.74) is 5.53. The molecule has 2 rings (SSSR count). The van der Waals surface area contributed by atoms with Crippen molar-refractivity contribution in [3.05, 3.63) is 10.7 Å². The van der Waals surface area contributed by atoms with Crippen LogP contribution in [0.3, 0.4) is 0 Å². The van der Waals surface area contributed by atoms with E-state index >= 15 is 0 Å². The quantitative estimate of drug-likeness (QED) is 0.874. The molecule has 1 fully saturated rings. The normalized spacial score (nSPS) is 16.6. The summed E-state index contributed by atoms with van der Waals surface area (Å²) in [5, 5.41) is 3.26. The summed E-state index contributed by atoms with van der Waals surface area (Å²) in [6.07, 6.45) is 4.31. The van der Waals surface area contributed by atoms with E-state index in [1.54, 1.807) is 6.20 Å². The molecule has 88 valence electrons. The number of anilines is 2. The Balaban J connectivity index is 1.82. The van der Waals surface area contributed by atoms with Crippen LogP contribution in [0.1, 0.15) is 12.8 Å². The Hall–Kier alpha value is -0.880. The lowest BCUT2D eigenvalue weighted by atomic mass is 10.4. The molecule has 5 nitrogen and oxygen atoms in total. The fraction of sp³-hybridized carbons (Fsp3) is 0.600. The van der Waals surface area contributed by atoms with E-state index in [9.17, 15) is 0 Å². The molecule has 0 bridgehead atoms. The van der Waals surface area contributed by atoms with Crippen molar-refractivity contribution in [3.63, 3.8) is 0 Å². The predicted octanol–water partition coefficient (Wildman–Crippen LogP) is 1.33. The molecule has 1 aromatic heterocycles. The zero-order chi connectivity index (χ0) is 11.4. The van der Waals surface area contributed by atoms with Crippen molar-refractivity contribution >= 4 is 27.7 Å². The number of hydrogen-bond acceptors (Lipinski definition) is 5. The van der Waals surface area contributed by atoms with Gasteiger partial charge in [-0.25, -0.2) is 4.98 Å². The number of nitrogens with zero attached hydrogens (tertiary/aromatic N) is 3. The zero-order valence-electron chi connectivity index (χ0n) is 9.12. The molecule has 0 atom stereocenters. The van der Waals surface area contributed by atoms with Gasteiger partial charge in [-0.15, -0.1) is 0 Å². The van der Waals surface area contributed by atoms with Crippen LogP contribution < -0.4 is 11.1 Å². The highest BCUT2D eigenvalue weighted by Gasteiger charge is 2.10. The summed E-state index contributed by atoms with van der Waals surface area (Å²) >= 11 is 3.39. The first-order valence-corrected chi connectivity index (χ1v) is 6.29. The number of nitrogen functional groups attached to an aromatic ring is 1. The Bertz CT molecular complexity index is 351. The third kappa shape index (κ3) is 3.05. The van der Waals surface area contributed by atoms with Crippen molar-refractivity contribution < 1.29 is 0 Å². The molecule has 2 heterocycles. The van der Waals surface area contributed by atoms with Gasteiger partial charge in [0.15, 0.2) is 0 Å². The molecule has 1 aromatic rings. The summed E-state index contributed by atoms with van der Waals surface area (Å²) in [7, 11) is 0. The van der Waals surface area contributed by atoms with Crippen molar-refractivity contribution in [2.24, 2.45) is 0 Å². The summed E-state index contributed by atoms with van der Waals surface area (Å²) < 4.78 is 0.850. The highest BCUT2D eigenvalue weighted by Crippen LogP contribution is 2.18. The highest BCUT2D eigenvalue weighted by atomic mass is 79.9. The molecular weight excluding hydrogens is 270 g/mol. The van der Waals surface area contributed by atoms with E-state index < -0.39 is 0 Å². The molecule has 0 spiro atoms. The topological polar surface area (TPSA) is 67.1 Å². The number of aromatic nitrogens is 2. The molecular formula is C10H16BrN5. The predicted molar refractivity (Wildman–Crippen MR) is 68.3 cm³/mol. The zero-order valence-corrected chi connectivity index (χ0v) is 10.7. The molecule has 0 amide bonds. The second kappa shape index (κ2) is 5.45. The van der Waals surface area contributed by atoms with Gasteiger partial charge in [0.25, 0.3) is 0 Å². The van der Waals surface area contributed by atoms with Crippen LogP contribution in [-0.4, -0.2) is 41.0 Å². The van der Waals surface area contributed by atoms with E-state index in [0.717, 1.165) is 23.4 Å². The smallest absolute Gasteiger partial charge is 0.221 e. The summed E-state index contributed by atoms with van der Waals surface area (Å²) in [5.74, 6) is 1.07. The van der Waals surface area contributed by atoms with Crippen LogP contribution in [0.25, 0.3) is 0 Å². The van der Waals surface area contributed by atoms with Crippen molar-refractivity contribution in [1.29, 1.82) is 0 Å². The Kier molecular flexibility index (Phi) is 3.95. The molecule has 0 radical (unpaired) electrons. The van der Waals surface area contributed by atoms with Gasteiger partial charge >= 0.3 is 0 Å². The monoisotopic (exact) mass is 285 g/mol. The largest absolute Gasteiger partial charge is 0.368 e. The van der Waals surface area contributed by atoms with E-state index in [0.29, 0.717) is 5.95 Å². The summed E-state index contributed by atoms with van der Waals surface area (Å²) in [6.45, 7) is 4.37. The first kappa shape index (κ1) is 11.6. The van der Waals surface area contributed by atoms with Crippen LogP contribution in [0.15, 0.2) is 10.7 Å². The summed E-state index contributed by atoms with van der Waals surface area (Å²) in [4.78, 5) is 10.5. The standard InChI is InChI=1S/C10H16BrN5/c11-8-7-14-10(12)15-9(8)13-3-6-16-4-1-2-5-16/h7H,1-6H2,(H3,12,13,14,15). The molecule has 0 aromatic carbocycles. The lowest BCUT2D eigenvalue weighted by molar-refractivity contribution is 0.352. The maximum Gasteiger partial charge on any atom is 0.221 e. The Morgan fingerprint density at radius 1 is 1.44 bits per heavy atom. The first-order valence-electron chi connectivity index (χ1n) is 5.50. The Labute approximate surface area is 104 Å². The van der Waals surface area contributed by atoms with Crippen molar-refractivity contribution in [2.75, 3.05) is 37.2 Å². The third-order valence-electron chi connectivity index (χ3n) is 2.68. The number of nitrogens with two attached hydrogens (primary N) is 1. The Morgan fingerprint density at radius 2 is 2.19 bits per heavy atom. The second-order valence-electron chi connectivity index (χ2n) is 3.90. The van der Waals surface area contributed by atoms with Crippen LogP contribution in [-0.2, 0) is 0 Å². The molecule has 16 heavy (non-hydrogen) atoms. The minimum atomic E-state index is 0.298. The van der Waals surface area contributed by atoms with E-state index in [-0.39, 0.29) is 0 Å². The van der Waals surface area contributed by atoms with Crippen LogP contribution in [0, 0.1) is 0 Å². The van der Waals surface area contributed by atoms with Crippen LogP contribution in [0.4, 0.5) is 11.8 Å². The van der Waals surface area contributed by atoms with Crippen molar-refractivity contribution in [1.82, 2.24) is 14.9 Å². The number of halogens is 1. The van der Waals surface area contributed by atoms with Gasteiger partial charge in [-0.1, -0.05) is 0 Å². The second-order valence-corrected chi connectivity index (χ2v) is 4.75. The molecule has 3 N–H and O–H groups in total. The van der Waals surface area contributed by atoms with Gasteiger partial charge in [-0.3, -0.25) is 0 Å². The van der Waals surface area contributed by atoms with Crippen molar-refractivity contribution in [3.8, 4) is 0 Å². The molecule has 1 aliphatic heterocycles. The molecule has 0 aliphatic carbocycles. The van der Waals surface area contributed by atoms with Crippen molar-refractivity contribution in [2.45, 2.75) is 12.8 Å². The van der Waals surface area contributed by atoms with Gasteiger partial charge in [0.05, 0.1) is 4.47 Å². The fourth-order valence-corrected chi connectivity index (χ4v) is 2.17. The SMILES string of the molecule is Nc1ncc(Br)c(NCCN2CCCC2)n1. The van der Waals surface area contributed by atoms with Crippen LogP contribution in [0.2, 0.25) is 0 Å². The maximum absolute atomic E-state index is 5.53. The number of likely N-dealkylation sites (tertiary alicyclic amines) is 1. The van der Waals surface area contributed by atoms with Gasteiger partial charge in [-0.05, 0) is 41.9 Å². The van der Waals surface area contributed by atoms with Gasteiger partial charge in [-0.2, -0.15) is 4.98 Å². The van der Waals surface area contributed by atoms with Crippen LogP contribution >= 0.6 is 15.9 Å². The van der Waals surface area contributed by atoms with Gasteiger partial charge in [0.2, 0.25) is 5.95 Å². The fourth-order valence-electron chi connectivity index (χ4n) is 1.84. The Morgan fingerprint density at radius 3 is 2.94 bits per heavy atom. The lowest BCUT2D eigenvalue weighted by Gasteiger charge is -2.15. The average Bonchev–Trinajstić information content (AvgIpc) is 2.76. The molecule has 1 aliphatic rings.